The third-order valence-electron chi connectivity index (χ3n) is 5.05. The summed E-state index contributed by atoms with van der Waals surface area (Å²) in [6.45, 7) is 5.37. The lowest BCUT2D eigenvalue weighted by Crippen LogP contribution is -2.56. The lowest BCUT2D eigenvalue weighted by atomic mass is 9.92. The predicted octanol–water partition coefficient (Wildman–Crippen LogP) is 2.05. The third-order valence-corrected chi connectivity index (χ3v) is 5.05. The van der Waals surface area contributed by atoms with E-state index in [9.17, 15) is 9.90 Å². The highest BCUT2D eigenvalue weighted by Crippen LogP contribution is 2.29. The van der Waals surface area contributed by atoms with E-state index in [2.05, 4.69) is 23.8 Å². The molecule has 1 saturated heterocycles. The van der Waals surface area contributed by atoms with Gasteiger partial charge in [0.15, 0.2) is 0 Å². The Balaban J connectivity index is 2.06. The van der Waals surface area contributed by atoms with Gasteiger partial charge in [0.25, 0.3) is 0 Å². The van der Waals surface area contributed by atoms with Gasteiger partial charge < -0.3 is 10.0 Å². The zero-order chi connectivity index (χ0) is 13.8. The molecule has 2 rings (SSSR count). The Kier molecular flexibility index (Phi) is 5.22. The summed E-state index contributed by atoms with van der Waals surface area (Å²) in [5, 5.41) is 9.50. The molecule has 1 aliphatic heterocycles. The van der Waals surface area contributed by atoms with Crippen molar-refractivity contribution in [1.29, 1.82) is 0 Å². The van der Waals surface area contributed by atoms with Crippen LogP contribution in [0, 0.1) is 5.92 Å². The molecule has 3 atom stereocenters. The molecule has 0 aromatic rings. The van der Waals surface area contributed by atoms with Crippen LogP contribution in [-0.4, -0.2) is 59.6 Å². The average molecular weight is 268 g/mol. The van der Waals surface area contributed by atoms with E-state index in [1.807, 2.05) is 0 Å². The van der Waals surface area contributed by atoms with Gasteiger partial charge in [-0.25, -0.2) is 0 Å². The number of nitrogens with zero attached hydrogens (tertiary/aromatic N) is 2. The summed E-state index contributed by atoms with van der Waals surface area (Å²) in [6, 6.07) is 0.856. The van der Waals surface area contributed by atoms with Gasteiger partial charge in [-0.05, 0) is 26.3 Å². The summed E-state index contributed by atoms with van der Waals surface area (Å²) in [7, 11) is 2.19. The van der Waals surface area contributed by atoms with Crippen molar-refractivity contribution in [2.45, 2.75) is 57.5 Å². The number of aliphatic carboxylic acids is 1. The van der Waals surface area contributed by atoms with E-state index in [-0.39, 0.29) is 12.0 Å². The topological polar surface area (TPSA) is 43.8 Å². The van der Waals surface area contributed by atoms with Gasteiger partial charge in [0.05, 0.1) is 5.92 Å². The van der Waals surface area contributed by atoms with Crippen molar-refractivity contribution in [3.05, 3.63) is 0 Å². The molecule has 2 fully saturated rings. The van der Waals surface area contributed by atoms with Crippen molar-refractivity contribution in [2.24, 2.45) is 5.92 Å². The number of hydrogen-bond acceptors (Lipinski definition) is 3. The maximum atomic E-state index is 11.5. The summed E-state index contributed by atoms with van der Waals surface area (Å²) in [5.41, 5.74) is 0. The normalized spacial score (nSPS) is 34.9. The molecule has 1 aliphatic carbocycles. The zero-order valence-corrected chi connectivity index (χ0v) is 12.3. The van der Waals surface area contributed by atoms with Gasteiger partial charge in [-0.1, -0.05) is 26.2 Å². The highest BCUT2D eigenvalue weighted by atomic mass is 16.4. The zero-order valence-electron chi connectivity index (χ0n) is 12.3. The van der Waals surface area contributed by atoms with E-state index >= 15 is 0 Å². The number of likely N-dealkylation sites (N-methyl/N-ethyl adjacent to an activating group) is 1. The summed E-state index contributed by atoms with van der Waals surface area (Å²) < 4.78 is 0. The first kappa shape index (κ1) is 14.8. The lowest BCUT2D eigenvalue weighted by Gasteiger charge is -2.44. The quantitative estimate of drug-likeness (QED) is 0.796. The Bertz CT molecular complexity index is 309. The molecule has 0 spiro atoms. The summed E-state index contributed by atoms with van der Waals surface area (Å²) in [4.78, 5) is 16.4. The van der Waals surface area contributed by atoms with Crippen LogP contribution in [0.5, 0.6) is 0 Å². The van der Waals surface area contributed by atoms with Gasteiger partial charge >= 0.3 is 5.97 Å². The van der Waals surface area contributed by atoms with Crippen LogP contribution in [0.15, 0.2) is 0 Å². The Morgan fingerprint density at radius 3 is 2.63 bits per heavy atom. The molecule has 0 aromatic heterocycles. The van der Waals surface area contributed by atoms with Crippen LogP contribution in [0.3, 0.4) is 0 Å². The second kappa shape index (κ2) is 6.71. The van der Waals surface area contributed by atoms with Crippen molar-refractivity contribution in [1.82, 2.24) is 9.80 Å². The van der Waals surface area contributed by atoms with E-state index < -0.39 is 5.97 Å². The summed E-state index contributed by atoms with van der Waals surface area (Å²) in [6.07, 6.45) is 6.55. The van der Waals surface area contributed by atoms with Crippen LogP contribution in [0.4, 0.5) is 0 Å². The van der Waals surface area contributed by atoms with E-state index in [4.69, 9.17) is 0 Å². The molecule has 0 bridgehead atoms. The minimum absolute atomic E-state index is 0.150. The smallest absolute Gasteiger partial charge is 0.308 e. The van der Waals surface area contributed by atoms with E-state index in [0.29, 0.717) is 6.04 Å². The lowest BCUT2D eigenvalue weighted by molar-refractivity contribution is -0.145. The van der Waals surface area contributed by atoms with Gasteiger partial charge in [0.1, 0.15) is 0 Å². The molecule has 2 aliphatic rings. The van der Waals surface area contributed by atoms with Crippen molar-refractivity contribution in [3.63, 3.8) is 0 Å². The minimum Gasteiger partial charge on any atom is -0.481 e. The van der Waals surface area contributed by atoms with Crippen LogP contribution in [0.1, 0.15) is 45.4 Å². The Morgan fingerprint density at radius 2 is 1.95 bits per heavy atom. The molecular formula is C15H28N2O2. The van der Waals surface area contributed by atoms with E-state index in [1.165, 1.54) is 12.8 Å². The Morgan fingerprint density at radius 1 is 1.21 bits per heavy atom. The molecule has 19 heavy (non-hydrogen) atoms. The third kappa shape index (κ3) is 3.48. The number of carbonyl (C=O) groups is 1. The second-order valence-electron chi connectivity index (χ2n) is 6.19. The molecule has 1 heterocycles. The number of hydrogen-bond donors (Lipinski definition) is 1. The first-order valence-corrected chi connectivity index (χ1v) is 7.80. The van der Waals surface area contributed by atoms with Gasteiger partial charge in [0, 0.05) is 31.7 Å². The van der Waals surface area contributed by atoms with Crippen LogP contribution in [-0.2, 0) is 4.79 Å². The first-order valence-electron chi connectivity index (χ1n) is 7.80. The van der Waals surface area contributed by atoms with Crippen LogP contribution in [0.25, 0.3) is 0 Å². The largest absolute Gasteiger partial charge is 0.481 e. The Hall–Kier alpha value is -0.610. The monoisotopic (exact) mass is 268 g/mol. The standard InChI is InChI=1S/C15H28N2O2/c1-3-12-11-17(10-9-16(12)2)14-8-6-4-5-7-13(14)15(18)19/h12-14H,3-11H2,1-2H3,(H,18,19). The van der Waals surface area contributed by atoms with Gasteiger partial charge in [-0.3, -0.25) is 9.69 Å². The minimum atomic E-state index is -0.584. The molecular weight excluding hydrogens is 240 g/mol. The molecule has 0 aromatic carbocycles. The number of carboxylic acids is 1. The molecule has 0 amide bonds. The molecule has 3 unspecified atom stereocenters. The molecule has 110 valence electrons. The number of rotatable bonds is 3. The van der Waals surface area contributed by atoms with E-state index in [0.717, 1.165) is 45.3 Å². The molecule has 4 nitrogen and oxygen atoms in total. The van der Waals surface area contributed by atoms with Crippen molar-refractivity contribution in [3.8, 4) is 0 Å². The van der Waals surface area contributed by atoms with Crippen molar-refractivity contribution in [2.75, 3.05) is 26.7 Å². The Labute approximate surface area is 116 Å². The molecule has 4 heteroatoms. The maximum absolute atomic E-state index is 11.5. The fourth-order valence-electron chi connectivity index (χ4n) is 3.73. The molecule has 0 radical (unpaired) electrons. The average Bonchev–Trinajstić information content (AvgIpc) is 2.65. The highest BCUT2D eigenvalue weighted by Gasteiger charge is 2.36. The van der Waals surface area contributed by atoms with Crippen LogP contribution >= 0.6 is 0 Å². The summed E-state index contributed by atoms with van der Waals surface area (Å²) in [5.74, 6) is -0.734. The van der Waals surface area contributed by atoms with Crippen molar-refractivity contribution < 1.29 is 9.90 Å². The van der Waals surface area contributed by atoms with Gasteiger partial charge in [-0.15, -0.1) is 0 Å². The van der Waals surface area contributed by atoms with Gasteiger partial charge in [0.2, 0.25) is 0 Å². The molecule has 1 N–H and O–H groups in total. The predicted molar refractivity (Wildman–Crippen MR) is 76.3 cm³/mol. The van der Waals surface area contributed by atoms with Crippen molar-refractivity contribution >= 4 is 5.97 Å². The summed E-state index contributed by atoms with van der Waals surface area (Å²) >= 11 is 0. The first-order chi connectivity index (χ1) is 9.13. The second-order valence-corrected chi connectivity index (χ2v) is 6.19. The molecule has 1 saturated carbocycles. The van der Waals surface area contributed by atoms with Crippen LogP contribution in [0.2, 0.25) is 0 Å². The maximum Gasteiger partial charge on any atom is 0.308 e. The highest BCUT2D eigenvalue weighted by molar-refractivity contribution is 5.70. The van der Waals surface area contributed by atoms with E-state index in [1.54, 1.807) is 0 Å². The number of carboxylic acid groups (broad SMARTS) is 1. The van der Waals surface area contributed by atoms with Gasteiger partial charge in [-0.2, -0.15) is 0 Å². The van der Waals surface area contributed by atoms with Crippen LogP contribution < -0.4 is 0 Å². The fraction of sp³-hybridized carbons (Fsp3) is 0.933. The SMILES string of the molecule is CCC1CN(C2CCCCCC2C(=O)O)CCN1C. The number of piperazine rings is 1. The fourth-order valence-corrected chi connectivity index (χ4v) is 3.73.